The van der Waals surface area contributed by atoms with Gasteiger partial charge in [-0.15, -0.1) is 0 Å². The Bertz CT molecular complexity index is 3320. The number of fused-ring (bicyclic) bond motifs is 4. The van der Waals surface area contributed by atoms with E-state index in [4.69, 9.17) is 23.2 Å². The van der Waals surface area contributed by atoms with E-state index in [0.29, 0.717) is 57.7 Å². The van der Waals surface area contributed by atoms with E-state index in [-0.39, 0.29) is 35.5 Å². The second-order valence-electron chi connectivity index (χ2n) is 20.7. The summed E-state index contributed by atoms with van der Waals surface area (Å²) in [4.78, 5) is 57.5. The van der Waals surface area contributed by atoms with Crippen LogP contribution in [0.4, 0.5) is 23.0 Å². The van der Waals surface area contributed by atoms with Crippen LogP contribution in [0.2, 0.25) is 10.0 Å². The molecule has 6 aromatic carbocycles. The number of anilines is 4. The number of halogens is 2. The van der Waals surface area contributed by atoms with Crippen molar-refractivity contribution < 1.29 is 19.2 Å². The van der Waals surface area contributed by atoms with Crippen LogP contribution < -0.4 is 20.4 Å². The number of H-pyrrole nitrogens is 2. The molecule has 14 heteroatoms. The van der Waals surface area contributed by atoms with Gasteiger partial charge in [-0.25, -0.2) is 0 Å². The number of aromatic nitrogens is 4. The Hall–Kier alpha value is -7.80. The van der Waals surface area contributed by atoms with E-state index in [0.717, 1.165) is 94.7 Å². The normalized spacial score (nSPS) is 21.8. The molecule has 4 fully saturated rings. The van der Waals surface area contributed by atoms with Crippen molar-refractivity contribution in [3.63, 3.8) is 0 Å². The van der Waals surface area contributed by atoms with Crippen LogP contribution in [0.1, 0.15) is 128 Å². The molecule has 4 atom stereocenters. The fourth-order valence-corrected chi connectivity index (χ4v) is 11.8. The molecule has 4 N–H and O–H groups in total. The van der Waals surface area contributed by atoms with E-state index in [1.54, 1.807) is 12.1 Å². The molecule has 12 nitrogen and oxygen atoms in total. The molecule has 4 aliphatic carbocycles. The van der Waals surface area contributed by atoms with Crippen LogP contribution in [0.25, 0.3) is 0 Å². The van der Waals surface area contributed by atoms with Crippen molar-refractivity contribution in [2.45, 2.75) is 86.1 Å². The van der Waals surface area contributed by atoms with E-state index in [9.17, 15) is 19.2 Å². The first-order valence-corrected chi connectivity index (χ1v) is 26.1. The van der Waals surface area contributed by atoms with Crippen molar-refractivity contribution >= 4 is 69.8 Å². The van der Waals surface area contributed by atoms with E-state index >= 15 is 0 Å². The van der Waals surface area contributed by atoms with Crippen molar-refractivity contribution in [1.29, 1.82) is 0 Å². The Morgan fingerprint density at radius 2 is 0.932 bits per heavy atom. The zero-order chi connectivity index (χ0) is 50.3. The average Bonchev–Trinajstić information content (AvgIpc) is 4.32. The summed E-state index contributed by atoms with van der Waals surface area (Å²) in [6.45, 7) is 0.806. The predicted octanol–water partition coefficient (Wildman–Crippen LogP) is 12.3. The SMILES string of the molecule is O=C(Nc1cc(C2CC2)[nH]n1)c1cccc(CN2C(=O)[C@@]3(C[C@H]3c3ccc(Cl)cc3)c3ccccc32)c1.O=C(Nc1cc(C2CC2)[nH]n1)c1cccc(CN2C(=O)[C@]3(C[C@@H]3c3ccc(Cl)cc3)c3ccccc32)c1. The van der Waals surface area contributed by atoms with Gasteiger partial charge in [0, 0.05) is 79.7 Å². The summed E-state index contributed by atoms with van der Waals surface area (Å²) in [6, 6.07) is 50.5. The molecule has 4 heterocycles. The van der Waals surface area contributed by atoms with Gasteiger partial charge in [-0.05, 0) is 133 Å². The molecule has 6 aliphatic rings. The lowest BCUT2D eigenvalue weighted by Gasteiger charge is -2.19. The largest absolute Gasteiger partial charge is 0.307 e. The third-order valence-corrected chi connectivity index (χ3v) is 16.3. The number of nitrogens with zero attached hydrogens (tertiary/aromatic N) is 4. The van der Waals surface area contributed by atoms with Gasteiger partial charge in [0.05, 0.1) is 23.9 Å². The first-order valence-electron chi connectivity index (χ1n) is 25.3. The summed E-state index contributed by atoms with van der Waals surface area (Å²) in [5.74, 6) is 2.21. The molecule has 2 aromatic heterocycles. The number of amides is 4. The van der Waals surface area contributed by atoms with E-state index in [1.807, 2.05) is 143 Å². The summed E-state index contributed by atoms with van der Waals surface area (Å²) in [5.41, 5.74) is 10.3. The smallest absolute Gasteiger partial charge is 0.256 e. The second-order valence-corrected chi connectivity index (χ2v) is 21.5. The Morgan fingerprint density at radius 1 is 0.527 bits per heavy atom. The molecule has 4 amide bonds. The fourth-order valence-electron chi connectivity index (χ4n) is 11.6. The van der Waals surface area contributed by atoms with Crippen LogP contribution in [0.3, 0.4) is 0 Å². The Morgan fingerprint density at radius 3 is 1.34 bits per heavy atom. The van der Waals surface area contributed by atoms with Gasteiger partial charge in [0.15, 0.2) is 11.6 Å². The molecule has 14 rings (SSSR count). The minimum Gasteiger partial charge on any atom is -0.307 e. The van der Waals surface area contributed by atoms with Crippen molar-refractivity contribution in [3.8, 4) is 0 Å². The van der Waals surface area contributed by atoms with Gasteiger partial charge in [0.25, 0.3) is 11.8 Å². The second kappa shape index (κ2) is 18.0. The lowest BCUT2D eigenvalue weighted by molar-refractivity contribution is -0.121. The van der Waals surface area contributed by atoms with Gasteiger partial charge < -0.3 is 20.4 Å². The maximum atomic E-state index is 13.9. The van der Waals surface area contributed by atoms with Crippen molar-refractivity contribution in [3.05, 3.63) is 224 Å². The van der Waals surface area contributed by atoms with Crippen molar-refractivity contribution in [2.24, 2.45) is 0 Å². The number of aromatic amines is 2. The van der Waals surface area contributed by atoms with Gasteiger partial charge in [0.1, 0.15) is 0 Å². The zero-order valence-corrected chi connectivity index (χ0v) is 41.7. The summed E-state index contributed by atoms with van der Waals surface area (Å²) >= 11 is 12.2. The molecule has 0 unspecified atom stereocenters. The molecule has 0 bridgehead atoms. The van der Waals surface area contributed by atoms with Gasteiger partial charge in [-0.1, -0.05) is 108 Å². The first kappa shape index (κ1) is 46.0. The lowest BCUT2D eigenvalue weighted by Crippen LogP contribution is -2.32. The topological polar surface area (TPSA) is 156 Å². The Labute approximate surface area is 437 Å². The predicted molar refractivity (Wildman–Crippen MR) is 286 cm³/mol. The highest BCUT2D eigenvalue weighted by molar-refractivity contribution is 6.31. The summed E-state index contributed by atoms with van der Waals surface area (Å²) in [7, 11) is 0. The van der Waals surface area contributed by atoms with E-state index in [1.165, 1.54) is 0 Å². The van der Waals surface area contributed by atoms with E-state index in [2.05, 4.69) is 43.2 Å². The summed E-state index contributed by atoms with van der Waals surface area (Å²) < 4.78 is 0. The Kier molecular flexibility index (Phi) is 11.2. The molecule has 0 radical (unpaired) electrons. The molecule has 0 saturated heterocycles. The highest BCUT2D eigenvalue weighted by Crippen LogP contribution is 2.67. The molecule has 368 valence electrons. The lowest BCUT2D eigenvalue weighted by atomic mass is 9.92. The number of hydrogen-bond donors (Lipinski definition) is 4. The van der Waals surface area contributed by atoms with Crippen LogP contribution in [-0.4, -0.2) is 44.0 Å². The molecular formula is C60H50Cl2N8O4. The van der Waals surface area contributed by atoms with Gasteiger partial charge >= 0.3 is 0 Å². The van der Waals surface area contributed by atoms with Crippen LogP contribution in [0, 0.1) is 0 Å². The zero-order valence-electron chi connectivity index (χ0n) is 40.2. The minimum absolute atomic E-state index is 0.118. The highest BCUT2D eigenvalue weighted by atomic mass is 35.5. The van der Waals surface area contributed by atoms with Gasteiger partial charge in [-0.2, -0.15) is 10.2 Å². The van der Waals surface area contributed by atoms with Crippen LogP contribution in [-0.2, 0) is 33.5 Å². The number of carbonyl (C=O) groups is 4. The monoisotopic (exact) mass is 1020 g/mol. The molecule has 8 aromatic rings. The third kappa shape index (κ3) is 8.26. The molecule has 2 spiro atoms. The maximum absolute atomic E-state index is 13.9. The minimum atomic E-state index is -0.529. The molecule has 74 heavy (non-hydrogen) atoms. The maximum Gasteiger partial charge on any atom is 0.256 e. The third-order valence-electron chi connectivity index (χ3n) is 15.8. The number of benzene rings is 6. The number of hydrogen-bond acceptors (Lipinski definition) is 6. The van der Waals surface area contributed by atoms with Gasteiger partial charge in [0.2, 0.25) is 11.8 Å². The number of carbonyl (C=O) groups excluding carboxylic acids is 4. The first-order chi connectivity index (χ1) is 36.0. The summed E-state index contributed by atoms with van der Waals surface area (Å²) in [6.07, 6.45) is 6.23. The molecule has 2 aliphatic heterocycles. The average molecular weight is 1020 g/mol. The van der Waals surface area contributed by atoms with Crippen molar-refractivity contribution in [1.82, 2.24) is 20.4 Å². The fraction of sp³-hybridized carbons (Fsp3) is 0.233. The van der Waals surface area contributed by atoms with Crippen LogP contribution >= 0.6 is 23.2 Å². The molecular weight excluding hydrogens is 968 g/mol. The van der Waals surface area contributed by atoms with Crippen molar-refractivity contribution in [2.75, 3.05) is 20.4 Å². The van der Waals surface area contributed by atoms with Crippen LogP contribution in [0.15, 0.2) is 158 Å². The number of para-hydroxylation sites is 2. The van der Waals surface area contributed by atoms with Gasteiger partial charge in [-0.3, -0.25) is 29.4 Å². The number of rotatable bonds is 12. The van der Waals surface area contributed by atoms with Crippen LogP contribution in [0.5, 0.6) is 0 Å². The highest BCUT2D eigenvalue weighted by Gasteiger charge is 2.68. The Balaban J connectivity index is 0.000000143. The standard InChI is InChI=1S/2C30H25ClN4O2/c2*31-22-12-10-19(11-13-22)24-16-30(24)23-6-1-2-7-26(23)35(29(30)37)17-18-4-3-5-21(14-18)28(36)32-27-15-25(33-34-27)20-8-9-20/h2*1-7,10-15,20,24H,8-9,16-17H2,(H2,32,33,34,36)/t2*24-,30-/m10/s1. The molecule has 4 saturated carbocycles. The quantitative estimate of drug-likeness (QED) is 0.0955. The number of nitrogens with one attached hydrogen (secondary N) is 4. The summed E-state index contributed by atoms with van der Waals surface area (Å²) in [5, 5.41) is 21.6. The van der Waals surface area contributed by atoms with E-state index < -0.39 is 10.8 Å².